The number of hydrogen-bond acceptors (Lipinski definition) is 3. The summed E-state index contributed by atoms with van der Waals surface area (Å²) in [7, 11) is 1.40. The molecule has 0 aliphatic heterocycles. The fourth-order valence-electron chi connectivity index (χ4n) is 1.53. The molecule has 1 saturated carbocycles. The van der Waals surface area contributed by atoms with E-state index in [9.17, 15) is 4.79 Å². The zero-order valence-corrected chi connectivity index (χ0v) is 8.91. The van der Waals surface area contributed by atoms with Crippen LogP contribution in [0.4, 0.5) is 0 Å². The molecule has 0 radical (unpaired) electrons. The third-order valence-electron chi connectivity index (χ3n) is 2.68. The molecule has 0 bridgehead atoms. The highest BCUT2D eigenvalue weighted by Crippen LogP contribution is 2.50. The van der Waals surface area contributed by atoms with Crippen LogP contribution in [-0.2, 0) is 14.3 Å². The van der Waals surface area contributed by atoms with Crippen LogP contribution in [0, 0.1) is 5.41 Å². The van der Waals surface area contributed by atoms with E-state index < -0.39 is 5.41 Å². The van der Waals surface area contributed by atoms with Gasteiger partial charge in [-0.25, -0.2) is 0 Å². The lowest BCUT2D eigenvalue weighted by molar-refractivity contribution is -0.146. The molecule has 0 unspecified atom stereocenters. The van der Waals surface area contributed by atoms with Crippen molar-refractivity contribution in [2.24, 2.45) is 5.41 Å². The van der Waals surface area contributed by atoms with Gasteiger partial charge in [0.15, 0.2) is 0 Å². The van der Waals surface area contributed by atoms with Gasteiger partial charge in [0.25, 0.3) is 0 Å². The molecule has 1 rings (SSSR count). The molecule has 80 valence electrons. The Morgan fingerprint density at radius 2 is 2.43 bits per heavy atom. The molecule has 0 spiro atoms. The van der Waals surface area contributed by atoms with Gasteiger partial charge in [0.1, 0.15) is 5.41 Å². The summed E-state index contributed by atoms with van der Waals surface area (Å²) >= 11 is 0. The van der Waals surface area contributed by atoms with Crippen molar-refractivity contribution in [3.8, 4) is 0 Å². The molecule has 0 saturated heterocycles. The predicted octanol–water partition coefficient (Wildman–Crippen LogP) is 1.92. The Bertz CT molecular complexity index is 225. The van der Waals surface area contributed by atoms with Crippen molar-refractivity contribution in [2.45, 2.75) is 32.3 Å². The monoisotopic (exact) mass is 198 g/mol. The molecule has 3 nitrogen and oxygen atoms in total. The highest BCUT2D eigenvalue weighted by atomic mass is 16.5. The van der Waals surface area contributed by atoms with Crippen molar-refractivity contribution in [3.05, 3.63) is 12.7 Å². The predicted molar refractivity (Wildman–Crippen MR) is 53.9 cm³/mol. The van der Waals surface area contributed by atoms with E-state index in [1.807, 2.05) is 0 Å². The normalized spacial score (nSPS) is 29.7. The molecule has 1 aliphatic rings. The summed E-state index contributed by atoms with van der Waals surface area (Å²) in [6.45, 7) is 6.49. The Hall–Kier alpha value is -0.830. The van der Waals surface area contributed by atoms with Gasteiger partial charge in [0.05, 0.1) is 13.2 Å². The lowest BCUT2D eigenvalue weighted by atomic mass is 10.1. The van der Waals surface area contributed by atoms with Crippen molar-refractivity contribution in [2.75, 3.05) is 13.7 Å². The Morgan fingerprint density at radius 3 is 2.93 bits per heavy atom. The van der Waals surface area contributed by atoms with E-state index in [0.29, 0.717) is 13.0 Å². The summed E-state index contributed by atoms with van der Waals surface area (Å²) < 4.78 is 10.3. The lowest BCUT2D eigenvalue weighted by Crippen LogP contribution is -2.20. The maximum Gasteiger partial charge on any atom is 0.318 e. The Morgan fingerprint density at radius 1 is 1.71 bits per heavy atom. The first kappa shape index (κ1) is 11.2. The van der Waals surface area contributed by atoms with Gasteiger partial charge in [-0.2, -0.15) is 0 Å². The zero-order chi connectivity index (χ0) is 10.6. The third kappa shape index (κ3) is 1.98. The number of methoxy groups -OCH3 is 1. The number of hydrogen-bond donors (Lipinski definition) is 0. The number of carbonyl (C=O) groups is 1. The number of unbranched alkanes of at least 4 members (excludes halogenated alkanes) is 1. The summed E-state index contributed by atoms with van der Waals surface area (Å²) in [6.07, 6.45) is 4.48. The molecule has 0 aromatic rings. The van der Waals surface area contributed by atoms with Crippen LogP contribution in [0.1, 0.15) is 26.2 Å². The summed E-state index contributed by atoms with van der Waals surface area (Å²) in [4.78, 5) is 11.4. The maximum absolute atomic E-state index is 11.4. The second-order valence-electron chi connectivity index (χ2n) is 3.65. The topological polar surface area (TPSA) is 35.5 Å². The van der Waals surface area contributed by atoms with Crippen LogP contribution in [0.15, 0.2) is 12.7 Å². The first-order valence-electron chi connectivity index (χ1n) is 5.05. The zero-order valence-electron chi connectivity index (χ0n) is 8.91. The van der Waals surface area contributed by atoms with Crippen LogP contribution in [0.2, 0.25) is 0 Å². The molecule has 0 N–H and O–H groups in total. The third-order valence-corrected chi connectivity index (χ3v) is 2.68. The lowest BCUT2D eigenvalue weighted by Gasteiger charge is -2.09. The van der Waals surface area contributed by atoms with Crippen molar-refractivity contribution in [1.29, 1.82) is 0 Å². The summed E-state index contributed by atoms with van der Waals surface area (Å²) in [5.74, 6) is -0.228. The molecular formula is C11H18O3. The number of esters is 1. The first-order chi connectivity index (χ1) is 6.71. The van der Waals surface area contributed by atoms with Crippen LogP contribution >= 0.6 is 0 Å². The fourth-order valence-corrected chi connectivity index (χ4v) is 1.53. The molecule has 0 aromatic heterocycles. The minimum atomic E-state index is -0.553. The van der Waals surface area contributed by atoms with Crippen molar-refractivity contribution in [3.63, 3.8) is 0 Å². The van der Waals surface area contributed by atoms with Crippen LogP contribution in [0.5, 0.6) is 0 Å². The maximum atomic E-state index is 11.4. The second-order valence-corrected chi connectivity index (χ2v) is 3.65. The van der Waals surface area contributed by atoms with E-state index in [1.54, 1.807) is 6.08 Å². The van der Waals surface area contributed by atoms with Crippen molar-refractivity contribution in [1.82, 2.24) is 0 Å². The Balaban J connectivity index is 2.38. The average Bonchev–Trinajstić information content (AvgIpc) is 2.92. The van der Waals surface area contributed by atoms with Gasteiger partial charge in [0, 0.05) is 6.61 Å². The van der Waals surface area contributed by atoms with Crippen LogP contribution in [0.25, 0.3) is 0 Å². The molecule has 1 fully saturated rings. The number of carbonyl (C=O) groups excluding carboxylic acids is 1. The standard InChI is InChI=1S/C11H18O3/c1-4-6-7-14-9-8-11(9,5-2)10(12)13-3/h5,9H,2,4,6-8H2,1,3H3/t9-,11-/m0/s1. The van der Waals surface area contributed by atoms with Gasteiger partial charge in [-0.1, -0.05) is 19.4 Å². The van der Waals surface area contributed by atoms with Crippen molar-refractivity contribution >= 4 is 5.97 Å². The Labute approximate surface area is 85.1 Å². The SMILES string of the molecule is C=C[C@]1(C(=O)OC)C[C@@H]1OCCCC. The summed E-state index contributed by atoms with van der Waals surface area (Å²) in [5.41, 5.74) is -0.553. The van der Waals surface area contributed by atoms with E-state index in [0.717, 1.165) is 12.8 Å². The van der Waals surface area contributed by atoms with Gasteiger partial charge >= 0.3 is 5.97 Å². The largest absolute Gasteiger partial charge is 0.468 e. The van der Waals surface area contributed by atoms with E-state index in [4.69, 9.17) is 9.47 Å². The van der Waals surface area contributed by atoms with Gasteiger partial charge < -0.3 is 9.47 Å². The number of ether oxygens (including phenoxy) is 2. The van der Waals surface area contributed by atoms with Crippen molar-refractivity contribution < 1.29 is 14.3 Å². The molecule has 0 amide bonds. The number of rotatable bonds is 6. The first-order valence-corrected chi connectivity index (χ1v) is 5.05. The minimum Gasteiger partial charge on any atom is -0.468 e. The van der Waals surface area contributed by atoms with Crippen LogP contribution in [0.3, 0.4) is 0 Å². The van der Waals surface area contributed by atoms with Gasteiger partial charge in [-0.3, -0.25) is 4.79 Å². The molecule has 0 heterocycles. The van der Waals surface area contributed by atoms with E-state index in [2.05, 4.69) is 13.5 Å². The fraction of sp³-hybridized carbons (Fsp3) is 0.727. The van der Waals surface area contributed by atoms with E-state index in [1.165, 1.54) is 7.11 Å². The van der Waals surface area contributed by atoms with Crippen LogP contribution < -0.4 is 0 Å². The van der Waals surface area contributed by atoms with Crippen LogP contribution in [-0.4, -0.2) is 25.8 Å². The minimum absolute atomic E-state index is 0.0148. The molecule has 3 heteroatoms. The van der Waals surface area contributed by atoms with Gasteiger partial charge in [-0.05, 0) is 12.8 Å². The molecule has 2 atom stereocenters. The van der Waals surface area contributed by atoms with Gasteiger partial charge in [-0.15, -0.1) is 6.58 Å². The smallest absolute Gasteiger partial charge is 0.318 e. The highest BCUT2D eigenvalue weighted by molar-refractivity contribution is 5.83. The second kappa shape index (κ2) is 4.60. The average molecular weight is 198 g/mol. The quantitative estimate of drug-likeness (QED) is 0.371. The molecule has 0 aromatic carbocycles. The highest BCUT2D eigenvalue weighted by Gasteiger charge is 2.60. The summed E-state index contributed by atoms with van der Waals surface area (Å²) in [5, 5.41) is 0. The molecule has 1 aliphatic carbocycles. The Kier molecular flexibility index (Phi) is 3.69. The van der Waals surface area contributed by atoms with E-state index in [-0.39, 0.29) is 12.1 Å². The summed E-state index contributed by atoms with van der Waals surface area (Å²) in [6, 6.07) is 0. The molecular weight excluding hydrogens is 180 g/mol. The van der Waals surface area contributed by atoms with Gasteiger partial charge in [0.2, 0.25) is 0 Å². The molecule has 14 heavy (non-hydrogen) atoms. The van der Waals surface area contributed by atoms with E-state index >= 15 is 0 Å².